The first-order valence-corrected chi connectivity index (χ1v) is 8.53. The molecular weight excluding hydrogens is 290 g/mol. The van der Waals surface area contributed by atoms with Crippen LogP contribution in [0.2, 0.25) is 0 Å². The number of benzene rings is 1. The van der Waals surface area contributed by atoms with Crippen molar-refractivity contribution in [1.29, 1.82) is 0 Å². The van der Waals surface area contributed by atoms with Gasteiger partial charge in [0.15, 0.2) is 0 Å². The summed E-state index contributed by atoms with van der Waals surface area (Å²) in [4.78, 5) is 0. The van der Waals surface area contributed by atoms with Gasteiger partial charge in [-0.05, 0) is 24.8 Å². The number of piperidine rings is 1. The van der Waals surface area contributed by atoms with Crippen LogP contribution in [0.1, 0.15) is 12.8 Å². The molecule has 0 aliphatic carbocycles. The summed E-state index contributed by atoms with van der Waals surface area (Å²) < 4.78 is 37.6. The fourth-order valence-electron chi connectivity index (χ4n) is 2.83. The van der Waals surface area contributed by atoms with E-state index in [1.54, 1.807) is 19.2 Å². The number of rotatable bonds is 4. The molecule has 1 aliphatic heterocycles. The largest absolute Gasteiger partial charge is 0.443 e. The summed E-state index contributed by atoms with van der Waals surface area (Å²) in [6.07, 6.45) is 1.85. The molecule has 0 saturated carbocycles. The number of hydrogen-bond acceptors (Lipinski definition) is 4. The second kappa shape index (κ2) is 5.79. The number of fused-ring (bicyclic) bond motifs is 1. The fourth-order valence-corrected chi connectivity index (χ4v) is 4.33. The van der Waals surface area contributed by atoms with Crippen molar-refractivity contribution < 1.29 is 17.6 Å². The Kier molecular flexibility index (Phi) is 4.01. The lowest BCUT2D eigenvalue weighted by molar-refractivity contribution is 0.118. The average Bonchev–Trinajstić information content (AvgIpc) is 2.92. The Bertz CT molecular complexity index is 687. The zero-order valence-electron chi connectivity index (χ0n) is 12.0. The van der Waals surface area contributed by atoms with Crippen molar-refractivity contribution in [2.45, 2.75) is 17.9 Å². The van der Waals surface area contributed by atoms with Gasteiger partial charge in [0, 0.05) is 31.7 Å². The molecule has 0 radical (unpaired) electrons. The molecular formula is C15H19NO4S. The fraction of sp³-hybridized carbons (Fsp3) is 0.467. The molecule has 2 heterocycles. The Morgan fingerprint density at radius 3 is 2.95 bits per heavy atom. The highest BCUT2D eigenvalue weighted by Gasteiger charge is 2.32. The third-order valence-corrected chi connectivity index (χ3v) is 5.60. The van der Waals surface area contributed by atoms with E-state index in [-0.39, 0.29) is 11.0 Å². The summed E-state index contributed by atoms with van der Waals surface area (Å²) in [6.45, 7) is 1.62. The quantitative estimate of drug-likeness (QED) is 0.870. The molecule has 1 aliphatic rings. The maximum absolute atomic E-state index is 12.7. The second-order valence-electron chi connectivity index (χ2n) is 5.43. The molecule has 1 atom stereocenters. The molecule has 21 heavy (non-hydrogen) atoms. The third-order valence-electron chi connectivity index (χ3n) is 3.88. The molecule has 5 nitrogen and oxygen atoms in total. The summed E-state index contributed by atoms with van der Waals surface area (Å²) >= 11 is 0. The van der Waals surface area contributed by atoms with Gasteiger partial charge in [0.25, 0.3) is 10.0 Å². The Hall–Kier alpha value is -1.37. The molecule has 0 amide bonds. The van der Waals surface area contributed by atoms with Crippen LogP contribution < -0.4 is 0 Å². The molecule has 0 N–H and O–H groups in total. The zero-order chi connectivity index (χ0) is 14.9. The summed E-state index contributed by atoms with van der Waals surface area (Å²) in [5.74, 6) is 0.253. The van der Waals surface area contributed by atoms with Gasteiger partial charge in [0.05, 0.1) is 6.61 Å². The van der Waals surface area contributed by atoms with Crippen molar-refractivity contribution in [2.24, 2.45) is 5.92 Å². The van der Waals surface area contributed by atoms with Crippen LogP contribution in [-0.2, 0) is 14.8 Å². The van der Waals surface area contributed by atoms with E-state index >= 15 is 0 Å². The maximum atomic E-state index is 12.7. The molecule has 1 saturated heterocycles. The Labute approximate surface area is 124 Å². The lowest BCUT2D eigenvalue weighted by Gasteiger charge is -2.30. The van der Waals surface area contributed by atoms with Crippen LogP contribution >= 0.6 is 0 Å². The first kappa shape index (κ1) is 14.6. The van der Waals surface area contributed by atoms with Gasteiger partial charge < -0.3 is 9.15 Å². The SMILES string of the molecule is COC[C@H]1CCCN(S(=O)(=O)c2cc3ccccc3o2)C1. The smallest absolute Gasteiger partial charge is 0.276 e. The Balaban J connectivity index is 1.88. The number of nitrogens with zero attached hydrogens (tertiary/aromatic N) is 1. The molecule has 1 aromatic carbocycles. The number of hydrogen-bond donors (Lipinski definition) is 0. The van der Waals surface area contributed by atoms with Crippen molar-refractivity contribution in [3.8, 4) is 0 Å². The Morgan fingerprint density at radius 2 is 2.19 bits per heavy atom. The number of sulfonamides is 1. The molecule has 1 fully saturated rings. The van der Waals surface area contributed by atoms with Gasteiger partial charge >= 0.3 is 0 Å². The van der Waals surface area contributed by atoms with Crippen LogP contribution in [0, 0.1) is 5.92 Å². The minimum Gasteiger partial charge on any atom is -0.443 e. The van der Waals surface area contributed by atoms with Crippen LogP contribution in [-0.4, -0.2) is 39.5 Å². The summed E-state index contributed by atoms with van der Waals surface area (Å²) in [5.41, 5.74) is 0.599. The first-order valence-electron chi connectivity index (χ1n) is 7.09. The summed E-state index contributed by atoms with van der Waals surface area (Å²) in [5, 5.41) is 0.836. The number of ether oxygens (including phenoxy) is 1. The van der Waals surface area contributed by atoms with E-state index in [2.05, 4.69) is 0 Å². The normalized spacial score (nSPS) is 20.9. The van der Waals surface area contributed by atoms with Crippen LogP contribution in [0.3, 0.4) is 0 Å². The highest BCUT2D eigenvalue weighted by atomic mass is 32.2. The van der Waals surface area contributed by atoms with Gasteiger partial charge in [-0.15, -0.1) is 0 Å². The van der Waals surface area contributed by atoms with E-state index in [0.717, 1.165) is 18.2 Å². The summed E-state index contributed by atoms with van der Waals surface area (Å²) in [7, 11) is -1.92. The third kappa shape index (κ3) is 2.84. The van der Waals surface area contributed by atoms with Crippen molar-refractivity contribution in [1.82, 2.24) is 4.31 Å². The van der Waals surface area contributed by atoms with Gasteiger partial charge in [0.1, 0.15) is 5.58 Å². The number of para-hydroxylation sites is 1. The van der Waals surface area contributed by atoms with Crippen molar-refractivity contribution >= 4 is 21.0 Å². The predicted octanol–water partition coefficient (Wildman–Crippen LogP) is 2.48. The lowest BCUT2D eigenvalue weighted by atomic mass is 10.0. The van der Waals surface area contributed by atoms with Gasteiger partial charge in [-0.1, -0.05) is 18.2 Å². The van der Waals surface area contributed by atoms with Gasteiger partial charge in [-0.2, -0.15) is 4.31 Å². The van der Waals surface area contributed by atoms with E-state index in [0.29, 0.717) is 25.3 Å². The highest BCUT2D eigenvalue weighted by Crippen LogP contribution is 2.28. The van der Waals surface area contributed by atoms with Crippen molar-refractivity contribution in [3.63, 3.8) is 0 Å². The molecule has 0 unspecified atom stereocenters. The van der Waals surface area contributed by atoms with E-state index < -0.39 is 10.0 Å². The van der Waals surface area contributed by atoms with Crippen LogP contribution in [0.4, 0.5) is 0 Å². The number of methoxy groups -OCH3 is 1. The minimum absolute atomic E-state index is 0.0294. The van der Waals surface area contributed by atoms with Crippen molar-refractivity contribution in [3.05, 3.63) is 30.3 Å². The van der Waals surface area contributed by atoms with Crippen LogP contribution in [0.5, 0.6) is 0 Å². The van der Waals surface area contributed by atoms with Crippen LogP contribution in [0.25, 0.3) is 11.0 Å². The van der Waals surface area contributed by atoms with Gasteiger partial charge in [-0.3, -0.25) is 0 Å². The first-order chi connectivity index (χ1) is 10.1. The second-order valence-corrected chi connectivity index (χ2v) is 7.30. The predicted molar refractivity (Wildman–Crippen MR) is 79.6 cm³/mol. The minimum atomic E-state index is -3.56. The average molecular weight is 309 g/mol. The summed E-state index contributed by atoms with van der Waals surface area (Å²) in [6, 6.07) is 8.92. The molecule has 114 valence electrons. The molecule has 0 bridgehead atoms. The standard InChI is InChI=1S/C15H19NO4S/c1-19-11-12-5-4-8-16(10-12)21(17,18)15-9-13-6-2-3-7-14(13)20-15/h2-3,6-7,9,12H,4-5,8,10-11H2,1H3/t12-/m0/s1. The molecule has 2 aromatic rings. The number of furan rings is 1. The molecule has 0 spiro atoms. The van der Waals surface area contributed by atoms with E-state index in [9.17, 15) is 8.42 Å². The monoisotopic (exact) mass is 309 g/mol. The van der Waals surface area contributed by atoms with Gasteiger partial charge in [0.2, 0.25) is 5.09 Å². The maximum Gasteiger partial charge on any atom is 0.276 e. The molecule has 3 rings (SSSR count). The van der Waals surface area contributed by atoms with E-state index in [1.165, 1.54) is 4.31 Å². The Morgan fingerprint density at radius 1 is 1.38 bits per heavy atom. The lowest BCUT2D eigenvalue weighted by Crippen LogP contribution is -2.40. The van der Waals surface area contributed by atoms with Crippen LogP contribution in [0.15, 0.2) is 39.8 Å². The van der Waals surface area contributed by atoms with E-state index in [1.807, 2.05) is 18.2 Å². The highest BCUT2D eigenvalue weighted by molar-refractivity contribution is 7.89. The van der Waals surface area contributed by atoms with E-state index in [4.69, 9.17) is 9.15 Å². The molecule has 6 heteroatoms. The topological polar surface area (TPSA) is 59.8 Å². The van der Waals surface area contributed by atoms with Gasteiger partial charge in [-0.25, -0.2) is 8.42 Å². The zero-order valence-corrected chi connectivity index (χ0v) is 12.8. The van der Waals surface area contributed by atoms with Crippen molar-refractivity contribution in [2.75, 3.05) is 26.8 Å². The molecule has 1 aromatic heterocycles.